The number of hydrogen-bond acceptors (Lipinski definition) is 8. The Morgan fingerprint density at radius 3 is 2.73 bits per heavy atom. The Kier molecular flexibility index (Phi) is 5.01. The number of aryl methyl sites for hydroxylation is 2. The van der Waals surface area contributed by atoms with E-state index in [0.29, 0.717) is 28.1 Å². The van der Waals surface area contributed by atoms with Crippen molar-refractivity contribution in [2.24, 2.45) is 0 Å². The number of aromatic amines is 1. The maximum atomic E-state index is 12.9. The Labute approximate surface area is 184 Å². The van der Waals surface area contributed by atoms with Crippen molar-refractivity contribution < 1.29 is 4.42 Å². The predicted octanol–water partition coefficient (Wildman–Crippen LogP) is 5.67. The molecule has 6 nitrogen and oxygen atoms in total. The molecule has 0 aliphatic rings. The quantitative estimate of drug-likeness (QED) is 0.346. The Morgan fingerprint density at radius 2 is 1.97 bits per heavy atom. The largest absolute Gasteiger partial charge is 0.410 e. The summed E-state index contributed by atoms with van der Waals surface area (Å²) in [7, 11) is 0. The second-order valence-electron chi connectivity index (χ2n) is 6.73. The summed E-state index contributed by atoms with van der Waals surface area (Å²) in [6.07, 6.45) is 0. The topological polar surface area (TPSA) is 84.7 Å². The highest BCUT2D eigenvalue weighted by Crippen LogP contribution is 2.36. The van der Waals surface area contributed by atoms with Crippen molar-refractivity contribution in [2.75, 3.05) is 0 Å². The second-order valence-corrected chi connectivity index (χ2v) is 9.81. The number of fused-ring (bicyclic) bond motifs is 1. The Morgan fingerprint density at radius 1 is 1.13 bits per heavy atom. The summed E-state index contributed by atoms with van der Waals surface area (Å²) in [6, 6.07) is 12.1. The summed E-state index contributed by atoms with van der Waals surface area (Å²) in [6.45, 7) is 4.08. The molecule has 1 N–H and O–H groups in total. The van der Waals surface area contributed by atoms with Gasteiger partial charge in [0.15, 0.2) is 0 Å². The minimum atomic E-state index is -0.125. The number of thioether (sulfide) groups is 1. The summed E-state index contributed by atoms with van der Waals surface area (Å²) in [5, 5.41) is 11.2. The molecule has 4 heterocycles. The number of nitrogens with zero attached hydrogens (tertiary/aromatic N) is 3. The van der Waals surface area contributed by atoms with Gasteiger partial charge in [0.05, 0.1) is 16.0 Å². The number of thiophene rings is 2. The molecule has 30 heavy (non-hydrogen) atoms. The van der Waals surface area contributed by atoms with Crippen molar-refractivity contribution in [3.8, 4) is 21.9 Å². The number of H-pyrrole nitrogens is 1. The van der Waals surface area contributed by atoms with Crippen LogP contribution in [0.5, 0.6) is 0 Å². The van der Waals surface area contributed by atoms with E-state index in [4.69, 9.17) is 4.42 Å². The number of hydrogen-bond donors (Lipinski definition) is 1. The Balaban J connectivity index is 1.43. The lowest BCUT2D eigenvalue weighted by Crippen LogP contribution is -2.10. The predicted molar refractivity (Wildman–Crippen MR) is 122 cm³/mol. The first-order chi connectivity index (χ1) is 14.6. The lowest BCUT2D eigenvalue weighted by Gasteiger charge is -2.03. The average Bonchev–Trinajstić information content (AvgIpc) is 3.46. The van der Waals surface area contributed by atoms with Gasteiger partial charge < -0.3 is 9.40 Å². The molecule has 0 amide bonds. The van der Waals surface area contributed by atoms with Crippen LogP contribution in [0.3, 0.4) is 0 Å². The highest BCUT2D eigenvalue weighted by molar-refractivity contribution is 7.98. The molecule has 1 aromatic carbocycles. The van der Waals surface area contributed by atoms with Gasteiger partial charge >= 0.3 is 0 Å². The third-order valence-electron chi connectivity index (χ3n) is 4.60. The normalized spacial score (nSPS) is 11.4. The van der Waals surface area contributed by atoms with E-state index in [9.17, 15) is 4.79 Å². The van der Waals surface area contributed by atoms with Crippen LogP contribution in [0.2, 0.25) is 0 Å². The van der Waals surface area contributed by atoms with Gasteiger partial charge in [0.2, 0.25) is 0 Å². The third-order valence-corrected chi connectivity index (χ3v) is 7.28. The molecule has 0 unspecified atom stereocenters. The summed E-state index contributed by atoms with van der Waals surface area (Å²) >= 11 is 4.44. The fourth-order valence-electron chi connectivity index (χ4n) is 3.20. The summed E-state index contributed by atoms with van der Waals surface area (Å²) < 4.78 is 5.69. The summed E-state index contributed by atoms with van der Waals surface area (Å²) in [5.74, 6) is 1.53. The van der Waals surface area contributed by atoms with Crippen LogP contribution in [-0.2, 0) is 5.75 Å². The van der Waals surface area contributed by atoms with Gasteiger partial charge in [0.25, 0.3) is 16.7 Å². The van der Waals surface area contributed by atoms with Crippen molar-refractivity contribution in [3.05, 3.63) is 68.4 Å². The number of rotatable bonds is 5. The molecule has 9 heteroatoms. The maximum Gasteiger partial charge on any atom is 0.277 e. The van der Waals surface area contributed by atoms with Crippen LogP contribution in [0.15, 0.2) is 56.2 Å². The van der Waals surface area contributed by atoms with E-state index in [0.717, 1.165) is 25.7 Å². The molecule has 0 fully saturated rings. The molecule has 5 aromatic rings. The fourth-order valence-corrected chi connectivity index (χ4v) is 5.54. The van der Waals surface area contributed by atoms with Gasteiger partial charge in [-0.1, -0.05) is 47.7 Å². The van der Waals surface area contributed by atoms with Gasteiger partial charge in [-0.2, -0.15) is 0 Å². The molecule has 0 bridgehead atoms. The first kappa shape index (κ1) is 19.2. The van der Waals surface area contributed by atoms with E-state index in [1.807, 2.05) is 43.5 Å². The number of benzene rings is 1. The molecule has 0 aliphatic carbocycles. The fraction of sp³-hybridized carbons (Fsp3) is 0.143. The lowest BCUT2D eigenvalue weighted by molar-refractivity contribution is 0.466. The molecular formula is C21H16N4O2S3. The monoisotopic (exact) mass is 452 g/mol. The van der Waals surface area contributed by atoms with E-state index >= 15 is 0 Å². The average molecular weight is 453 g/mol. The Hall–Kier alpha value is -2.75. The van der Waals surface area contributed by atoms with Gasteiger partial charge in [0.1, 0.15) is 10.7 Å². The molecule has 5 rings (SSSR count). The SMILES string of the molecule is Cc1ccc(-c2c(C)sc3nc(CSc4nnc(-c5cccs5)o4)[nH]c(=O)c23)cc1. The van der Waals surface area contributed by atoms with Crippen LogP contribution < -0.4 is 5.56 Å². The second kappa shape index (κ2) is 7.82. The van der Waals surface area contributed by atoms with Crippen LogP contribution in [0.25, 0.3) is 32.1 Å². The minimum absolute atomic E-state index is 0.125. The van der Waals surface area contributed by atoms with Gasteiger partial charge in [-0.05, 0) is 30.9 Å². The molecule has 0 saturated carbocycles. The first-order valence-corrected chi connectivity index (χ1v) is 11.9. The van der Waals surface area contributed by atoms with Crippen LogP contribution in [0.1, 0.15) is 16.3 Å². The number of aromatic nitrogens is 4. The van der Waals surface area contributed by atoms with Crippen molar-refractivity contribution in [1.29, 1.82) is 0 Å². The summed E-state index contributed by atoms with van der Waals surface area (Å²) in [5.41, 5.74) is 3.05. The third kappa shape index (κ3) is 3.60. The first-order valence-electron chi connectivity index (χ1n) is 9.18. The summed E-state index contributed by atoms with van der Waals surface area (Å²) in [4.78, 5) is 23.3. The van der Waals surface area contributed by atoms with Crippen molar-refractivity contribution >= 4 is 44.7 Å². The zero-order valence-corrected chi connectivity index (χ0v) is 18.6. The van der Waals surface area contributed by atoms with E-state index in [1.54, 1.807) is 11.3 Å². The van der Waals surface area contributed by atoms with Crippen molar-refractivity contribution in [3.63, 3.8) is 0 Å². The highest BCUT2D eigenvalue weighted by Gasteiger charge is 2.17. The molecular weight excluding hydrogens is 436 g/mol. The van der Waals surface area contributed by atoms with Crippen LogP contribution in [0, 0.1) is 13.8 Å². The van der Waals surface area contributed by atoms with Gasteiger partial charge in [-0.15, -0.1) is 32.9 Å². The zero-order chi connectivity index (χ0) is 20.7. The van der Waals surface area contributed by atoms with E-state index < -0.39 is 0 Å². The van der Waals surface area contributed by atoms with Crippen LogP contribution in [0.4, 0.5) is 0 Å². The van der Waals surface area contributed by atoms with Crippen molar-refractivity contribution in [2.45, 2.75) is 24.8 Å². The standard InChI is InChI=1S/C21H16N4O2S3/c1-11-5-7-13(8-6-11)16-12(2)30-20-17(16)18(26)22-15(23-20)10-29-21-25-24-19(27-21)14-4-3-9-28-14/h3-9H,10H2,1-2H3,(H,22,23,26). The zero-order valence-electron chi connectivity index (χ0n) is 16.1. The molecule has 0 saturated heterocycles. The molecule has 4 aromatic heterocycles. The van der Waals surface area contributed by atoms with Gasteiger partial charge in [0, 0.05) is 10.4 Å². The van der Waals surface area contributed by atoms with Crippen LogP contribution >= 0.6 is 34.4 Å². The molecule has 0 spiro atoms. The lowest BCUT2D eigenvalue weighted by atomic mass is 10.0. The smallest absolute Gasteiger partial charge is 0.277 e. The van der Waals surface area contributed by atoms with Crippen LogP contribution in [-0.4, -0.2) is 20.2 Å². The van der Waals surface area contributed by atoms with Gasteiger partial charge in [-0.25, -0.2) is 4.98 Å². The Bertz CT molecular complexity index is 1380. The highest BCUT2D eigenvalue weighted by atomic mass is 32.2. The van der Waals surface area contributed by atoms with E-state index in [1.165, 1.54) is 28.7 Å². The van der Waals surface area contributed by atoms with Crippen molar-refractivity contribution in [1.82, 2.24) is 20.2 Å². The number of nitrogens with one attached hydrogen (secondary N) is 1. The van der Waals surface area contributed by atoms with E-state index in [-0.39, 0.29) is 5.56 Å². The molecule has 0 atom stereocenters. The van der Waals surface area contributed by atoms with E-state index in [2.05, 4.69) is 32.3 Å². The minimum Gasteiger partial charge on any atom is -0.410 e. The maximum absolute atomic E-state index is 12.9. The molecule has 0 aliphatic heterocycles. The molecule has 150 valence electrons. The van der Waals surface area contributed by atoms with Gasteiger partial charge in [-0.3, -0.25) is 4.79 Å². The molecule has 0 radical (unpaired) electrons.